The molecule has 1 fully saturated rings. The van der Waals surface area contributed by atoms with Crippen molar-refractivity contribution in [2.75, 3.05) is 0 Å². The molecule has 0 spiro atoms. The zero-order valence-electron chi connectivity index (χ0n) is 9.58. The quantitative estimate of drug-likeness (QED) is 0.808. The molecule has 0 aromatic heterocycles. The van der Waals surface area contributed by atoms with Crippen LogP contribution < -0.4 is 5.32 Å². The number of rotatable bonds is 1. The summed E-state index contributed by atoms with van der Waals surface area (Å²) in [5.41, 5.74) is -1.71. The molecule has 1 heterocycles. The van der Waals surface area contributed by atoms with E-state index in [1.807, 2.05) is 6.92 Å². The fourth-order valence-corrected chi connectivity index (χ4v) is 1.98. The van der Waals surface area contributed by atoms with Gasteiger partial charge in [-0.05, 0) is 12.5 Å². The maximum Gasteiger partial charge on any atom is 0.436 e. The topological polar surface area (TPSA) is 49.3 Å². The standard InChI is InChI=1S/C12H12F3NO2/c1-7-2-4-8(5-3-7)9-6-11(18,12(13,14)15)16-10(9)17/h2-5,9,18H,6H2,1H3,(H,16,17)/t9-,11+/m1/s1. The predicted molar refractivity (Wildman–Crippen MR) is 57.7 cm³/mol. The van der Waals surface area contributed by atoms with Gasteiger partial charge in [0.05, 0.1) is 5.92 Å². The molecule has 2 atom stereocenters. The third-order valence-corrected chi connectivity index (χ3v) is 3.09. The summed E-state index contributed by atoms with van der Waals surface area (Å²) >= 11 is 0. The van der Waals surface area contributed by atoms with Crippen LogP contribution in [0.5, 0.6) is 0 Å². The van der Waals surface area contributed by atoms with Crippen molar-refractivity contribution in [3.05, 3.63) is 35.4 Å². The molecule has 98 valence electrons. The molecule has 3 nitrogen and oxygen atoms in total. The molecule has 6 heteroatoms. The molecule has 1 aliphatic heterocycles. The van der Waals surface area contributed by atoms with Crippen LogP contribution in [0, 0.1) is 6.92 Å². The molecule has 1 aromatic rings. The minimum absolute atomic E-state index is 0.471. The number of carbonyl (C=O) groups is 1. The Morgan fingerprint density at radius 1 is 1.33 bits per heavy atom. The van der Waals surface area contributed by atoms with Gasteiger partial charge in [-0.1, -0.05) is 29.8 Å². The van der Waals surface area contributed by atoms with E-state index in [1.54, 1.807) is 29.6 Å². The highest BCUT2D eigenvalue weighted by Gasteiger charge is 2.60. The van der Waals surface area contributed by atoms with E-state index in [0.29, 0.717) is 5.56 Å². The number of amides is 1. The lowest BCUT2D eigenvalue weighted by atomic mass is 9.93. The van der Waals surface area contributed by atoms with Crippen molar-refractivity contribution in [1.82, 2.24) is 5.32 Å². The molecule has 0 radical (unpaired) electrons. The summed E-state index contributed by atoms with van der Waals surface area (Å²) in [7, 11) is 0. The maximum absolute atomic E-state index is 12.6. The number of alkyl halides is 3. The molecule has 1 aromatic carbocycles. The molecular formula is C12H12F3NO2. The Morgan fingerprint density at radius 2 is 1.89 bits per heavy atom. The third-order valence-electron chi connectivity index (χ3n) is 3.09. The van der Waals surface area contributed by atoms with Gasteiger partial charge in [0, 0.05) is 6.42 Å². The number of aryl methyl sites for hydroxylation is 1. The summed E-state index contributed by atoms with van der Waals surface area (Å²) in [6.45, 7) is 1.84. The van der Waals surface area contributed by atoms with Crippen LogP contribution >= 0.6 is 0 Å². The summed E-state index contributed by atoms with van der Waals surface area (Å²) < 4.78 is 37.8. The Balaban J connectivity index is 2.28. The van der Waals surface area contributed by atoms with E-state index in [9.17, 15) is 23.1 Å². The molecule has 18 heavy (non-hydrogen) atoms. The zero-order valence-corrected chi connectivity index (χ0v) is 9.58. The van der Waals surface area contributed by atoms with Crippen LogP contribution in [0.4, 0.5) is 13.2 Å². The number of halogens is 3. The lowest BCUT2D eigenvalue weighted by Gasteiger charge is -2.25. The molecule has 2 N–H and O–H groups in total. The second kappa shape index (κ2) is 3.98. The highest BCUT2D eigenvalue weighted by Crippen LogP contribution is 2.41. The van der Waals surface area contributed by atoms with Crippen molar-refractivity contribution < 1.29 is 23.1 Å². The van der Waals surface area contributed by atoms with Crippen LogP contribution in [0.3, 0.4) is 0 Å². The highest BCUT2D eigenvalue weighted by atomic mass is 19.4. The van der Waals surface area contributed by atoms with E-state index in [2.05, 4.69) is 0 Å². The van der Waals surface area contributed by atoms with E-state index < -0.39 is 30.1 Å². The van der Waals surface area contributed by atoms with Gasteiger partial charge in [-0.2, -0.15) is 13.2 Å². The van der Waals surface area contributed by atoms with E-state index in [0.717, 1.165) is 5.56 Å². The van der Waals surface area contributed by atoms with Crippen LogP contribution in [0.25, 0.3) is 0 Å². The van der Waals surface area contributed by atoms with Gasteiger partial charge < -0.3 is 10.4 Å². The molecule has 2 rings (SSSR count). The molecule has 0 unspecified atom stereocenters. The number of aliphatic hydroxyl groups is 1. The normalized spacial score (nSPS) is 28.3. The lowest BCUT2D eigenvalue weighted by Crippen LogP contribution is -2.53. The first-order valence-corrected chi connectivity index (χ1v) is 5.41. The molecular weight excluding hydrogens is 247 g/mol. The van der Waals surface area contributed by atoms with Crippen LogP contribution in [0.1, 0.15) is 23.5 Å². The molecule has 0 bridgehead atoms. The number of hydrogen-bond acceptors (Lipinski definition) is 2. The molecule has 1 saturated heterocycles. The van der Waals surface area contributed by atoms with Crippen LogP contribution in [0.15, 0.2) is 24.3 Å². The zero-order chi connectivity index (χ0) is 13.6. The van der Waals surface area contributed by atoms with Gasteiger partial charge in [0.1, 0.15) is 0 Å². The van der Waals surface area contributed by atoms with E-state index in [-0.39, 0.29) is 0 Å². The first kappa shape index (κ1) is 12.9. The summed E-state index contributed by atoms with van der Waals surface area (Å²) in [6, 6.07) is 6.63. The maximum atomic E-state index is 12.6. The first-order valence-electron chi connectivity index (χ1n) is 5.41. The summed E-state index contributed by atoms with van der Waals surface area (Å²) in [4.78, 5) is 11.6. The van der Waals surface area contributed by atoms with Gasteiger partial charge in [0.25, 0.3) is 0 Å². The number of benzene rings is 1. The van der Waals surface area contributed by atoms with Gasteiger partial charge >= 0.3 is 6.18 Å². The number of carbonyl (C=O) groups excluding carboxylic acids is 1. The molecule has 0 saturated carbocycles. The highest BCUT2D eigenvalue weighted by molar-refractivity contribution is 5.86. The Hall–Kier alpha value is -1.56. The van der Waals surface area contributed by atoms with Crippen molar-refractivity contribution in [1.29, 1.82) is 0 Å². The number of hydrogen-bond donors (Lipinski definition) is 2. The SMILES string of the molecule is Cc1ccc([C@H]2C[C@](O)(C(F)(F)F)NC2=O)cc1. The van der Waals surface area contributed by atoms with Crippen LogP contribution in [-0.4, -0.2) is 22.9 Å². The Morgan fingerprint density at radius 3 is 2.33 bits per heavy atom. The van der Waals surface area contributed by atoms with Gasteiger partial charge in [-0.25, -0.2) is 0 Å². The minimum Gasteiger partial charge on any atom is -0.363 e. The molecule has 1 amide bonds. The lowest BCUT2D eigenvalue weighted by molar-refractivity contribution is -0.266. The Labute approximate surface area is 102 Å². The van der Waals surface area contributed by atoms with Gasteiger partial charge in [0.15, 0.2) is 0 Å². The average molecular weight is 259 g/mol. The predicted octanol–water partition coefficient (Wildman–Crippen LogP) is 1.85. The van der Waals surface area contributed by atoms with Gasteiger partial charge in [-0.15, -0.1) is 0 Å². The fraction of sp³-hybridized carbons (Fsp3) is 0.417. The van der Waals surface area contributed by atoms with E-state index in [4.69, 9.17) is 0 Å². The van der Waals surface area contributed by atoms with Crippen molar-refractivity contribution in [3.8, 4) is 0 Å². The van der Waals surface area contributed by atoms with Crippen LogP contribution in [-0.2, 0) is 4.79 Å². The minimum atomic E-state index is -4.87. The Kier molecular flexibility index (Phi) is 2.85. The summed E-state index contributed by atoms with van der Waals surface area (Å²) in [5, 5.41) is 11.1. The fourth-order valence-electron chi connectivity index (χ4n) is 1.98. The Bertz CT molecular complexity index is 469. The first-order chi connectivity index (χ1) is 8.23. The smallest absolute Gasteiger partial charge is 0.363 e. The van der Waals surface area contributed by atoms with E-state index >= 15 is 0 Å². The van der Waals surface area contributed by atoms with Crippen molar-refractivity contribution >= 4 is 5.91 Å². The third kappa shape index (κ3) is 2.08. The number of nitrogens with one attached hydrogen (secondary N) is 1. The van der Waals surface area contributed by atoms with Crippen LogP contribution in [0.2, 0.25) is 0 Å². The molecule has 1 aliphatic rings. The summed E-state index contributed by atoms with van der Waals surface area (Å²) in [5.74, 6) is -1.78. The second-order valence-electron chi connectivity index (χ2n) is 4.51. The van der Waals surface area contributed by atoms with Gasteiger partial charge in [-0.3, -0.25) is 4.79 Å². The average Bonchev–Trinajstić information content (AvgIpc) is 2.56. The van der Waals surface area contributed by atoms with Gasteiger partial charge in [0.2, 0.25) is 11.6 Å². The largest absolute Gasteiger partial charge is 0.436 e. The monoisotopic (exact) mass is 259 g/mol. The second-order valence-corrected chi connectivity index (χ2v) is 4.51. The molecule has 0 aliphatic carbocycles. The van der Waals surface area contributed by atoms with Crippen molar-refractivity contribution in [2.45, 2.75) is 31.2 Å². The van der Waals surface area contributed by atoms with Crippen molar-refractivity contribution in [3.63, 3.8) is 0 Å². The van der Waals surface area contributed by atoms with Crippen molar-refractivity contribution in [2.24, 2.45) is 0 Å². The summed E-state index contributed by atoms with van der Waals surface area (Å²) in [6.07, 6.45) is -5.57. The van der Waals surface area contributed by atoms with E-state index in [1.165, 1.54) is 0 Å².